The third-order valence-electron chi connectivity index (χ3n) is 2.56. The summed E-state index contributed by atoms with van der Waals surface area (Å²) in [5, 5.41) is 0.949. The van der Waals surface area contributed by atoms with Crippen LogP contribution in [0.25, 0.3) is 0 Å². The molecule has 0 saturated heterocycles. The van der Waals surface area contributed by atoms with E-state index < -0.39 is 0 Å². The number of thiazole rings is 1. The van der Waals surface area contributed by atoms with Crippen LogP contribution in [0.5, 0.6) is 0 Å². The number of hydrogen-bond acceptors (Lipinski definition) is 5. The van der Waals surface area contributed by atoms with Crippen LogP contribution in [0.3, 0.4) is 0 Å². The predicted molar refractivity (Wildman–Crippen MR) is 78.9 cm³/mol. The maximum atomic E-state index is 11.5. The molecule has 0 amide bonds. The van der Waals surface area contributed by atoms with Gasteiger partial charge in [0.1, 0.15) is 9.88 Å². The molecule has 2 aromatic rings. The fourth-order valence-electron chi connectivity index (χ4n) is 1.65. The Labute approximate surface area is 121 Å². The summed E-state index contributed by atoms with van der Waals surface area (Å²) in [6.45, 7) is 3.91. The van der Waals surface area contributed by atoms with Gasteiger partial charge in [0.15, 0.2) is 0 Å². The third-order valence-corrected chi connectivity index (χ3v) is 4.89. The van der Waals surface area contributed by atoms with Crippen molar-refractivity contribution in [2.75, 3.05) is 7.11 Å². The van der Waals surface area contributed by atoms with Crippen molar-refractivity contribution in [1.29, 1.82) is 0 Å². The van der Waals surface area contributed by atoms with Crippen LogP contribution in [0, 0.1) is 13.8 Å². The van der Waals surface area contributed by atoms with E-state index in [1.165, 1.54) is 28.9 Å². The molecule has 100 valence electrons. The molecule has 1 aromatic heterocycles. The van der Waals surface area contributed by atoms with Gasteiger partial charge in [0.25, 0.3) is 0 Å². The van der Waals surface area contributed by atoms with Crippen LogP contribution in [-0.2, 0) is 10.5 Å². The Morgan fingerprint density at radius 2 is 2.21 bits per heavy atom. The summed E-state index contributed by atoms with van der Waals surface area (Å²) in [4.78, 5) is 17.7. The zero-order valence-electron chi connectivity index (χ0n) is 11.1. The number of hydrogen-bond donors (Lipinski definition) is 0. The summed E-state index contributed by atoms with van der Waals surface area (Å²) >= 11 is 3.13. The van der Waals surface area contributed by atoms with E-state index in [-0.39, 0.29) is 5.97 Å². The molecule has 2 rings (SSSR count). The Morgan fingerprint density at radius 3 is 2.89 bits per heavy atom. The van der Waals surface area contributed by atoms with Gasteiger partial charge >= 0.3 is 5.97 Å². The van der Waals surface area contributed by atoms with E-state index in [0.717, 1.165) is 16.5 Å². The maximum absolute atomic E-state index is 11.5. The van der Waals surface area contributed by atoms with E-state index in [1.807, 2.05) is 13.0 Å². The molecule has 0 spiro atoms. The van der Waals surface area contributed by atoms with Gasteiger partial charge in [-0.3, -0.25) is 0 Å². The van der Waals surface area contributed by atoms with Crippen molar-refractivity contribution in [2.24, 2.45) is 0 Å². The number of aromatic nitrogens is 1. The lowest BCUT2D eigenvalue weighted by molar-refractivity contribution is 0.0605. The van der Waals surface area contributed by atoms with Crippen molar-refractivity contribution in [3.8, 4) is 0 Å². The molecule has 0 bridgehead atoms. The van der Waals surface area contributed by atoms with Crippen LogP contribution in [0.1, 0.15) is 25.9 Å². The van der Waals surface area contributed by atoms with Crippen LogP contribution < -0.4 is 0 Å². The first-order chi connectivity index (χ1) is 9.10. The summed E-state index contributed by atoms with van der Waals surface area (Å²) in [6.07, 6.45) is 0. The topological polar surface area (TPSA) is 39.2 Å². The molecule has 0 aliphatic heterocycles. The Kier molecular flexibility index (Phi) is 4.61. The first kappa shape index (κ1) is 14.1. The summed E-state index contributed by atoms with van der Waals surface area (Å²) in [5.41, 5.74) is 1.99. The molecular weight excluding hydrogens is 278 g/mol. The molecule has 0 aliphatic rings. The molecule has 0 N–H and O–H groups in total. The van der Waals surface area contributed by atoms with Gasteiger partial charge < -0.3 is 4.74 Å². The van der Waals surface area contributed by atoms with Crippen LogP contribution in [0.15, 0.2) is 29.2 Å². The Morgan fingerprint density at radius 1 is 1.42 bits per heavy atom. The summed E-state index contributed by atoms with van der Waals surface area (Å²) in [6, 6.07) is 8.35. The molecule has 1 heterocycles. The summed E-state index contributed by atoms with van der Waals surface area (Å²) in [7, 11) is 1.39. The van der Waals surface area contributed by atoms with Crippen molar-refractivity contribution < 1.29 is 9.53 Å². The number of aryl methyl sites for hydroxylation is 2. The maximum Gasteiger partial charge on any atom is 0.349 e. The molecule has 0 saturated carbocycles. The lowest BCUT2D eigenvalue weighted by atomic mass is 10.2. The summed E-state index contributed by atoms with van der Waals surface area (Å²) in [5.74, 6) is 0.466. The van der Waals surface area contributed by atoms with E-state index in [9.17, 15) is 4.79 Å². The lowest BCUT2D eigenvalue weighted by Crippen LogP contribution is -1.99. The largest absolute Gasteiger partial charge is 0.465 e. The quantitative estimate of drug-likeness (QED) is 0.634. The number of carbonyl (C=O) groups is 1. The third kappa shape index (κ3) is 3.58. The van der Waals surface area contributed by atoms with Gasteiger partial charge in [0, 0.05) is 4.90 Å². The van der Waals surface area contributed by atoms with Crippen molar-refractivity contribution in [2.45, 2.75) is 24.5 Å². The molecule has 1 aromatic carbocycles. The average molecular weight is 293 g/mol. The number of nitrogens with zero attached hydrogens (tertiary/aromatic N) is 1. The number of ether oxygens (including phenoxy) is 1. The van der Waals surface area contributed by atoms with Gasteiger partial charge in [0.05, 0.1) is 18.6 Å². The van der Waals surface area contributed by atoms with E-state index in [4.69, 9.17) is 4.74 Å². The smallest absolute Gasteiger partial charge is 0.349 e. The Balaban J connectivity index is 2.06. The molecular formula is C14H15NO2S2. The predicted octanol–water partition coefficient (Wildman–Crippen LogP) is 3.84. The van der Waals surface area contributed by atoms with Crippen LogP contribution in [0.4, 0.5) is 0 Å². The van der Waals surface area contributed by atoms with Crippen molar-refractivity contribution in [3.05, 3.63) is 45.4 Å². The standard InChI is InChI=1S/C14H15NO2S2/c1-9-5-4-6-11(7-9)18-8-12-15-10(2)13(19-12)14(16)17-3/h4-7H,8H2,1-3H3. The van der Waals surface area contributed by atoms with Gasteiger partial charge in [-0.1, -0.05) is 17.7 Å². The van der Waals surface area contributed by atoms with Crippen molar-refractivity contribution in [1.82, 2.24) is 4.98 Å². The first-order valence-electron chi connectivity index (χ1n) is 5.84. The molecule has 19 heavy (non-hydrogen) atoms. The highest BCUT2D eigenvalue weighted by Gasteiger charge is 2.15. The van der Waals surface area contributed by atoms with Crippen molar-refractivity contribution >= 4 is 29.1 Å². The number of methoxy groups -OCH3 is 1. The minimum absolute atomic E-state index is 0.304. The molecule has 0 aliphatic carbocycles. The van der Waals surface area contributed by atoms with Gasteiger partial charge in [-0.05, 0) is 26.0 Å². The zero-order chi connectivity index (χ0) is 13.8. The number of carbonyl (C=O) groups excluding carboxylic acids is 1. The van der Waals surface area contributed by atoms with E-state index in [1.54, 1.807) is 11.8 Å². The van der Waals surface area contributed by atoms with Crippen LogP contribution in [-0.4, -0.2) is 18.1 Å². The van der Waals surface area contributed by atoms with Gasteiger partial charge in [-0.15, -0.1) is 23.1 Å². The fourth-order valence-corrected chi connectivity index (χ4v) is 3.64. The second-order valence-electron chi connectivity index (χ2n) is 4.12. The van der Waals surface area contributed by atoms with Gasteiger partial charge in [-0.25, -0.2) is 9.78 Å². The number of thioether (sulfide) groups is 1. The molecule has 0 atom stereocenters. The lowest BCUT2D eigenvalue weighted by Gasteiger charge is -2.00. The normalized spacial score (nSPS) is 10.5. The number of rotatable bonds is 4. The fraction of sp³-hybridized carbons (Fsp3) is 0.286. The zero-order valence-corrected chi connectivity index (χ0v) is 12.7. The van der Waals surface area contributed by atoms with E-state index >= 15 is 0 Å². The van der Waals surface area contributed by atoms with Gasteiger partial charge in [0.2, 0.25) is 0 Å². The number of benzene rings is 1. The monoisotopic (exact) mass is 293 g/mol. The van der Waals surface area contributed by atoms with E-state index in [0.29, 0.717) is 4.88 Å². The van der Waals surface area contributed by atoms with E-state index in [2.05, 4.69) is 30.1 Å². The second-order valence-corrected chi connectivity index (χ2v) is 6.25. The first-order valence-corrected chi connectivity index (χ1v) is 7.64. The Hall–Kier alpha value is -1.33. The molecule has 3 nitrogen and oxygen atoms in total. The highest BCUT2D eigenvalue weighted by atomic mass is 32.2. The molecule has 5 heteroatoms. The SMILES string of the molecule is COC(=O)c1sc(CSc2cccc(C)c2)nc1C. The van der Waals surface area contributed by atoms with Crippen LogP contribution in [0.2, 0.25) is 0 Å². The highest BCUT2D eigenvalue weighted by Crippen LogP contribution is 2.27. The molecule has 0 fully saturated rings. The Bertz CT molecular complexity index is 593. The highest BCUT2D eigenvalue weighted by molar-refractivity contribution is 7.98. The number of esters is 1. The molecule has 0 unspecified atom stereocenters. The minimum atomic E-state index is -0.304. The second kappa shape index (κ2) is 6.21. The van der Waals surface area contributed by atoms with Gasteiger partial charge in [-0.2, -0.15) is 0 Å². The minimum Gasteiger partial charge on any atom is -0.465 e. The average Bonchev–Trinajstić information content (AvgIpc) is 2.77. The molecule has 0 radical (unpaired) electrons. The summed E-state index contributed by atoms with van der Waals surface area (Å²) < 4.78 is 4.73. The van der Waals surface area contributed by atoms with Crippen LogP contribution >= 0.6 is 23.1 Å². The van der Waals surface area contributed by atoms with Crippen molar-refractivity contribution in [3.63, 3.8) is 0 Å².